The van der Waals surface area contributed by atoms with Gasteiger partial charge in [0, 0.05) is 6.42 Å². The first-order valence-corrected chi connectivity index (χ1v) is 5.91. The van der Waals surface area contributed by atoms with Crippen molar-refractivity contribution >= 4 is 17.0 Å². The number of hydrogen-bond acceptors (Lipinski definition) is 4. The summed E-state index contributed by atoms with van der Waals surface area (Å²) in [6.07, 6.45) is 1.05. The number of esters is 1. The number of fused-ring (bicyclic) bond motifs is 1. The van der Waals surface area contributed by atoms with Crippen LogP contribution in [-0.4, -0.2) is 23.0 Å². The standard InChI is InChI=1S/C14H16N2O2/c1-9-10(2)16-13-8-11(4-6-12(13)15-9)5-7-14(17)18-3/h4,6,8H,5,7H2,1-3H3. The zero-order valence-corrected chi connectivity index (χ0v) is 10.9. The summed E-state index contributed by atoms with van der Waals surface area (Å²) in [6.45, 7) is 3.90. The number of methoxy groups -OCH3 is 1. The zero-order chi connectivity index (χ0) is 13.1. The minimum atomic E-state index is -0.193. The molecule has 0 fully saturated rings. The molecule has 0 saturated carbocycles. The first kappa shape index (κ1) is 12.5. The van der Waals surface area contributed by atoms with Gasteiger partial charge in [0.2, 0.25) is 0 Å². The van der Waals surface area contributed by atoms with E-state index in [2.05, 4.69) is 14.7 Å². The molecule has 1 heterocycles. The van der Waals surface area contributed by atoms with Crippen molar-refractivity contribution in [2.45, 2.75) is 26.7 Å². The SMILES string of the molecule is COC(=O)CCc1ccc2nc(C)c(C)nc2c1. The number of ether oxygens (including phenoxy) is 1. The Hall–Kier alpha value is -1.97. The average molecular weight is 244 g/mol. The zero-order valence-electron chi connectivity index (χ0n) is 10.9. The van der Waals surface area contributed by atoms with Crippen LogP contribution in [-0.2, 0) is 16.0 Å². The van der Waals surface area contributed by atoms with E-state index in [4.69, 9.17) is 0 Å². The summed E-state index contributed by atoms with van der Waals surface area (Å²) >= 11 is 0. The Morgan fingerprint density at radius 3 is 2.50 bits per heavy atom. The predicted molar refractivity (Wildman–Crippen MR) is 69.3 cm³/mol. The molecule has 0 amide bonds. The molecule has 0 unspecified atom stereocenters. The van der Waals surface area contributed by atoms with Crippen LogP contribution in [0.4, 0.5) is 0 Å². The van der Waals surface area contributed by atoms with Crippen LogP contribution >= 0.6 is 0 Å². The molecule has 18 heavy (non-hydrogen) atoms. The summed E-state index contributed by atoms with van der Waals surface area (Å²) in [7, 11) is 1.40. The molecule has 0 N–H and O–H groups in total. The molecule has 0 aliphatic heterocycles. The number of rotatable bonds is 3. The van der Waals surface area contributed by atoms with E-state index in [1.807, 2.05) is 32.0 Å². The summed E-state index contributed by atoms with van der Waals surface area (Å²) < 4.78 is 4.63. The molecule has 4 nitrogen and oxygen atoms in total. The number of carbonyl (C=O) groups excluding carboxylic acids is 1. The van der Waals surface area contributed by atoms with Crippen molar-refractivity contribution in [3.8, 4) is 0 Å². The van der Waals surface area contributed by atoms with E-state index in [-0.39, 0.29) is 5.97 Å². The monoisotopic (exact) mass is 244 g/mol. The second kappa shape index (κ2) is 5.12. The minimum Gasteiger partial charge on any atom is -0.469 e. The maximum absolute atomic E-state index is 11.1. The van der Waals surface area contributed by atoms with Crippen LogP contribution in [0, 0.1) is 13.8 Å². The largest absolute Gasteiger partial charge is 0.469 e. The van der Waals surface area contributed by atoms with Gasteiger partial charge in [-0.05, 0) is 38.0 Å². The maximum Gasteiger partial charge on any atom is 0.305 e. The third kappa shape index (κ3) is 2.64. The first-order chi connectivity index (χ1) is 8.60. The molecular weight excluding hydrogens is 228 g/mol. The molecule has 0 radical (unpaired) electrons. The number of carbonyl (C=O) groups is 1. The number of aromatic nitrogens is 2. The van der Waals surface area contributed by atoms with Gasteiger partial charge in [0.15, 0.2) is 0 Å². The normalized spacial score (nSPS) is 10.6. The summed E-state index contributed by atoms with van der Waals surface area (Å²) in [4.78, 5) is 20.1. The number of hydrogen-bond donors (Lipinski definition) is 0. The van der Waals surface area contributed by atoms with E-state index in [1.54, 1.807) is 0 Å². The summed E-state index contributed by atoms with van der Waals surface area (Å²) in [5.41, 5.74) is 4.73. The molecule has 0 aliphatic rings. The Morgan fingerprint density at radius 1 is 1.17 bits per heavy atom. The van der Waals surface area contributed by atoms with Gasteiger partial charge in [-0.25, -0.2) is 9.97 Å². The average Bonchev–Trinajstić information content (AvgIpc) is 2.37. The quantitative estimate of drug-likeness (QED) is 0.778. The first-order valence-electron chi connectivity index (χ1n) is 5.91. The molecule has 1 aromatic heterocycles. The predicted octanol–water partition coefficient (Wildman–Crippen LogP) is 2.35. The van der Waals surface area contributed by atoms with Crippen LogP contribution in [0.15, 0.2) is 18.2 Å². The van der Waals surface area contributed by atoms with Crippen LogP contribution in [0.1, 0.15) is 23.4 Å². The van der Waals surface area contributed by atoms with Gasteiger partial charge in [0.1, 0.15) is 0 Å². The molecule has 0 atom stereocenters. The lowest BCUT2D eigenvalue weighted by Gasteiger charge is -2.05. The van der Waals surface area contributed by atoms with E-state index in [0.29, 0.717) is 12.8 Å². The van der Waals surface area contributed by atoms with Crippen LogP contribution in [0.2, 0.25) is 0 Å². The number of nitrogens with zero attached hydrogens (tertiary/aromatic N) is 2. The lowest BCUT2D eigenvalue weighted by Crippen LogP contribution is -2.02. The molecule has 0 spiro atoms. The Morgan fingerprint density at radius 2 is 1.83 bits per heavy atom. The fraction of sp³-hybridized carbons (Fsp3) is 0.357. The molecule has 0 bridgehead atoms. The molecule has 0 saturated heterocycles. The molecule has 2 rings (SSSR count). The van der Waals surface area contributed by atoms with Crippen molar-refractivity contribution in [1.29, 1.82) is 0 Å². The van der Waals surface area contributed by atoms with Gasteiger partial charge in [-0.15, -0.1) is 0 Å². The van der Waals surface area contributed by atoms with Gasteiger partial charge in [-0.1, -0.05) is 6.07 Å². The third-order valence-corrected chi connectivity index (χ3v) is 2.99. The highest BCUT2D eigenvalue weighted by Crippen LogP contribution is 2.15. The van der Waals surface area contributed by atoms with E-state index in [1.165, 1.54) is 7.11 Å². The van der Waals surface area contributed by atoms with Gasteiger partial charge in [-0.2, -0.15) is 0 Å². The highest BCUT2D eigenvalue weighted by Gasteiger charge is 2.05. The second-order valence-corrected chi connectivity index (χ2v) is 4.29. The minimum absolute atomic E-state index is 0.193. The van der Waals surface area contributed by atoms with Crippen molar-refractivity contribution in [3.05, 3.63) is 35.2 Å². The van der Waals surface area contributed by atoms with Crippen LogP contribution in [0.25, 0.3) is 11.0 Å². The van der Waals surface area contributed by atoms with Crippen molar-refractivity contribution < 1.29 is 9.53 Å². The topological polar surface area (TPSA) is 52.1 Å². The Labute approximate surface area is 106 Å². The van der Waals surface area contributed by atoms with Crippen LogP contribution in [0.3, 0.4) is 0 Å². The Kier molecular flexibility index (Phi) is 3.55. The second-order valence-electron chi connectivity index (χ2n) is 4.29. The highest BCUT2D eigenvalue weighted by atomic mass is 16.5. The van der Waals surface area contributed by atoms with E-state index < -0.39 is 0 Å². The Bertz CT molecular complexity index is 594. The fourth-order valence-electron chi connectivity index (χ4n) is 1.78. The summed E-state index contributed by atoms with van der Waals surface area (Å²) in [6, 6.07) is 5.91. The highest BCUT2D eigenvalue weighted by molar-refractivity contribution is 5.75. The van der Waals surface area contributed by atoms with Gasteiger partial charge >= 0.3 is 5.97 Å². The van der Waals surface area contributed by atoms with Gasteiger partial charge in [0.05, 0.1) is 29.5 Å². The maximum atomic E-state index is 11.1. The van der Waals surface area contributed by atoms with Crippen molar-refractivity contribution in [3.63, 3.8) is 0 Å². The molecule has 94 valence electrons. The molecular formula is C14H16N2O2. The van der Waals surface area contributed by atoms with Crippen LogP contribution < -0.4 is 0 Å². The number of aryl methyl sites for hydroxylation is 3. The van der Waals surface area contributed by atoms with Gasteiger partial charge in [-0.3, -0.25) is 4.79 Å². The van der Waals surface area contributed by atoms with Crippen molar-refractivity contribution in [2.75, 3.05) is 7.11 Å². The lowest BCUT2D eigenvalue weighted by molar-refractivity contribution is -0.140. The smallest absolute Gasteiger partial charge is 0.305 e. The summed E-state index contributed by atoms with van der Waals surface area (Å²) in [5, 5.41) is 0. The molecule has 2 aromatic rings. The van der Waals surface area contributed by atoms with Gasteiger partial charge in [0.25, 0.3) is 0 Å². The van der Waals surface area contributed by atoms with E-state index in [0.717, 1.165) is 28.0 Å². The summed E-state index contributed by atoms with van der Waals surface area (Å²) in [5.74, 6) is -0.193. The lowest BCUT2D eigenvalue weighted by atomic mass is 10.1. The van der Waals surface area contributed by atoms with E-state index >= 15 is 0 Å². The van der Waals surface area contributed by atoms with Gasteiger partial charge < -0.3 is 4.74 Å². The fourth-order valence-corrected chi connectivity index (χ4v) is 1.78. The Balaban J connectivity index is 2.27. The number of benzene rings is 1. The van der Waals surface area contributed by atoms with Crippen molar-refractivity contribution in [2.24, 2.45) is 0 Å². The third-order valence-electron chi connectivity index (χ3n) is 2.99. The molecule has 1 aromatic carbocycles. The van der Waals surface area contributed by atoms with E-state index in [9.17, 15) is 4.79 Å². The molecule has 0 aliphatic carbocycles. The van der Waals surface area contributed by atoms with Crippen molar-refractivity contribution in [1.82, 2.24) is 9.97 Å². The van der Waals surface area contributed by atoms with Crippen LogP contribution in [0.5, 0.6) is 0 Å². The molecule has 4 heteroatoms.